The van der Waals surface area contributed by atoms with Gasteiger partial charge in [0, 0.05) is 9.79 Å². The standard InChI is InChI=1S/C12H9NS.C12H10/c1-3-7-11-9(5-1)13-10-6-2-4-8-12(10)14-11;1-3-7-11(8-4-1)12-9-5-2-6-10-12/h1-8,13H;1-10H. The number of rotatable bonds is 1. The number of nitrogens with one attached hydrogen (secondary N) is 1. The zero-order valence-corrected chi connectivity index (χ0v) is 15.1. The van der Waals surface area contributed by atoms with Crippen LogP contribution in [0.25, 0.3) is 11.1 Å². The molecule has 1 aliphatic rings. The average Bonchev–Trinajstić information content (AvgIpc) is 2.74. The molecule has 26 heavy (non-hydrogen) atoms. The van der Waals surface area contributed by atoms with Crippen LogP contribution in [0.3, 0.4) is 0 Å². The second kappa shape index (κ2) is 7.94. The highest BCUT2D eigenvalue weighted by atomic mass is 32.2. The van der Waals surface area contributed by atoms with Crippen molar-refractivity contribution in [3.05, 3.63) is 109 Å². The van der Waals surface area contributed by atoms with E-state index in [2.05, 4.69) is 102 Å². The Balaban J connectivity index is 0.000000131. The van der Waals surface area contributed by atoms with E-state index in [1.54, 1.807) is 0 Å². The van der Waals surface area contributed by atoms with E-state index in [0.717, 1.165) is 0 Å². The number of fused-ring (bicyclic) bond motifs is 2. The maximum atomic E-state index is 3.42. The van der Waals surface area contributed by atoms with Gasteiger partial charge < -0.3 is 5.32 Å². The van der Waals surface area contributed by atoms with Crippen LogP contribution in [0.1, 0.15) is 0 Å². The van der Waals surface area contributed by atoms with Crippen LogP contribution in [-0.2, 0) is 0 Å². The highest BCUT2D eigenvalue weighted by molar-refractivity contribution is 7.99. The fourth-order valence-electron chi connectivity index (χ4n) is 2.84. The van der Waals surface area contributed by atoms with E-state index in [4.69, 9.17) is 0 Å². The van der Waals surface area contributed by atoms with E-state index < -0.39 is 0 Å². The van der Waals surface area contributed by atoms with Crippen LogP contribution in [0, 0.1) is 0 Å². The zero-order valence-electron chi connectivity index (χ0n) is 14.3. The first-order valence-electron chi connectivity index (χ1n) is 8.63. The molecule has 2 heteroatoms. The topological polar surface area (TPSA) is 12.0 Å². The van der Waals surface area contributed by atoms with Gasteiger partial charge in [-0.2, -0.15) is 0 Å². The molecule has 0 saturated carbocycles. The molecule has 1 heterocycles. The van der Waals surface area contributed by atoms with Crippen LogP contribution in [0.2, 0.25) is 0 Å². The molecule has 1 nitrogen and oxygen atoms in total. The molecule has 5 rings (SSSR count). The highest BCUT2D eigenvalue weighted by Crippen LogP contribution is 2.43. The summed E-state index contributed by atoms with van der Waals surface area (Å²) in [6.07, 6.45) is 0. The largest absolute Gasteiger partial charge is 0.354 e. The first-order chi connectivity index (χ1) is 12.9. The molecule has 0 aromatic heterocycles. The van der Waals surface area contributed by atoms with Crippen molar-refractivity contribution in [1.29, 1.82) is 0 Å². The minimum atomic E-state index is 1.20. The average molecular weight is 353 g/mol. The van der Waals surface area contributed by atoms with Crippen molar-refractivity contribution >= 4 is 23.1 Å². The van der Waals surface area contributed by atoms with Crippen molar-refractivity contribution in [3.63, 3.8) is 0 Å². The van der Waals surface area contributed by atoms with Crippen LogP contribution >= 0.6 is 11.8 Å². The highest BCUT2D eigenvalue weighted by Gasteiger charge is 2.13. The second-order valence-corrected chi connectivity index (χ2v) is 7.04. The van der Waals surface area contributed by atoms with Gasteiger partial charge in [0.1, 0.15) is 0 Å². The third kappa shape index (κ3) is 3.81. The molecule has 0 aliphatic carbocycles. The van der Waals surface area contributed by atoms with Crippen LogP contribution < -0.4 is 5.32 Å². The molecule has 0 amide bonds. The van der Waals surface area contributed by atoms with Gasteiger partial charge in [0.15, 0.2) is 0 Å². The molecular formula is C24H19NS. The molecule has 0 saturated heterocycles. The van der Waals surface area contributed by atoms with E-state index in [1.165, 1.54) is 32.3 Å². The molecule has 0 unspecified atom stereocenters. The summed E-state index contributed by atoms with van der Waals surface area (Å²) in [6, 6.07) is 37.5. The molecule has 0 spiro atoms. The Bertz CT molecular complexity index is 856. The van der Waals surface area contributed by atoms with Gasteiger partial charge in [0.2, 0.25) is 0 Å². The number of hydrogen-bond donors (Lipinski definition) is 1. The van der Waals surface area contributed by atoms with Crippen molar-refractivity contribution in [2.75, 3.05) is 5.32 Å². The number of hydrogen-bond acceptors (Lipinski definition) is 2. The lowest BCUT2D eigenvalue weighted by Gasteiger charge is -2.19. The van der Waals surface area contributed by atoms with Crippen molar-refractivity contribution in [2.45, 2.75) is 9.79 Å². The molecule has 126 valence electrons. The maximum Gasteiger partial charge on any atom is 0.0526 e. The summed E-state index contributed by atoms with van der Waals surface area (Å²) in [6.45, 7) is 0. The fraction of sp³-hybridized carbons (Fsp3) is 0. The Morgan fingerprint density at radius 2 is 0.808 bits per heavy atom. The first kappa shape index (κ1) is 16.5. The molecule has 4 aromatic rings. The number of anilines is 2. The van der Waals surface area contributed by atoms with Gasteiger partial charge >= 0.3 is 0 Å². The van der Waals surface area contributed by atoms with Crippen LogP contribution in [-0.4, -0.2) is 0 Å². The lowest BCUT2D eigenvalue weighted by atomic mass is 10.1. The van der Waals surface area contributed by atoms with Crippen molar-refractivity contribution in [2.24, 2.45) is 0 Å². The normalized spacial score (nSPS) is 11.2. The van der Waals surface area contributed by atoms with E-state index >= 15 is 0 Å². The summed E-state index contributed by atoms with van der Waals surface area (Å²) in [5, 5.41) is 3.42. The predicted octanol–water partition coefficient (Wildman–Crippen LogP) is 7.25. The summed E-state index contributed by atoms with van der Waals surface area (Å²) in [7, 11) is 0. The van der Waals surface area contributed by atoms with E-state index in [1.807, 2.05) is 23.9 Å². The fourth-order valence-corrected chi connectivity index (χ4v) is 3.83. The van der Waals surface area contributed by atoms with Gasteiger partial charge in [-0.15, -0.1) is 0 Å². The molecule has 0 atom stereocenters. The summed E-state index contributed by atoms with van der Waals surface area (Å²) in [5.74, 6) is 0. The molecule has 4 aromatic carbocycles. The summed E-state index contributed by atoms with van der Waals surface area (Å²) in [5.41, 5.74) is 4.96. The minimum Gasteiger partial charge on any atom is -0.354 e. The quantitative estimate of drug-likeness (QED) is 0.340. The van der Waals surface area contributed by atoms with Crippen molar-refractivity contribution in [3.8, 4) is 11.1 Å². The van der Waals surface area contributed by atoms with Crippen molar-refractivity contribution in [1.82, 2.24) is 0 Å². The SMILES string of the molecule is c1ccc(-c2ccccc2)cc1.c1ccc2c(c1)Nc1ccccc1S2. The van der Waals surface area contributed by atoms with Gasteiger partial charge in [0.05, 0.1) is 11.4 Å². The summed E-state index contributed by atoms with van der Waals surface area (Å²) < 4.78 is 0. The predicted molar refractivity (Wildman–Crippen MR) is 112 cm³/mol. The molecule has 0 bridgehead atoms. The van der Waals surface area contributed by atoms with Crippen LogP contribution in [0.4, 0.5) is 11.4 Å². The van der Waals surface area contributed by atoms with Crippen molar-refractivity contribution < 1.29 is 0 Å². The summed E-state index contributed by atoms with van der Waals surface area (Å²) in [4.78, 5) is 2.59. The van der Waals surface area contributed by atoms with Gasteiger partial charge in [-0.1, -0.05) is 96.7 Å². The smallest absolute Gasteiger partial charge is 0.0526 e. The van der Waals surface area contributed by atoms with E-state index in [9.17, 15) is 0 Å². The van der Waals surface area contributed by atoms with Crippen LogP contribution in [0.5, 0.6) is 0 Å². The Morgan fingerprint density at radius 1 is 0.423 bits per heavy atom. The molecule has 1 N–H and O–H groups in total. The second-order valence-electron chi connectivity index (χ2n) is 5.95. The van der Waals surface area contributed by atoms with Gasteiger partial charge in [0.25, 0.3) is 0 Å². The lowest BCUT2D eigenvalue weighted by molar-refractivity contribution is 1.32. The lowest BCUT2D eigenvalue weighted by Crippen LogP contribution is -1.98. The third-order valence-corrected chi connectivity index (χ3v) is 5.30. The number of para-hydroxylation sites is 2. The van der Waals surface area contributed by atoms with Gasteiger partial charge in [-0.05, 0) is 35.4 Å². The zero-order chi connectivity index (χ0) is 17.6. The van der Waals surface area contributed by atoms with E-state index in [-0.39, 0.29) is 0 Å². The molecular weight excluding hydrogens is 334 g/mol. The monoisotopic (exact) mass is 353 g/mol. The Labute approximate surface area is 158 Å². The molecule has 0 fully saturated rings. The molecule has 0 radical (unpaired) electrons. The Kier molecular flexibility index (Phi) is 5.04. The molecule has 1 aliphatic heterocycles. The minimum absolute atomic E-state index is 1.20. The Morgan fingerprint density at radius 3 is 1.27 bits per heavy atom. The van der Waals surface area contributed by atoms with Crippen LogP contribution in [0.15, 0.2) is 119 Å². The first-order valence-corrected chi connectivity index (χ1v) is 9.45. The van der Waals surface area contributed by atoms with Gasteiger partial charge in [-0.25, -0.2) is 0 Å². The number of benzene rings is 4. The van der Waals surface area contributed by atoms with E-state index in [0.29, 0.717) is 0 Å². The third-order valence-electron chi connectivity index (χ3n) is 4.14. The Hall–Kier alpha value is -2.97. The maximum absolute atomic E-state index is 3.42. The van der Waals surface area contributed by atoms with Gasteiger partial charge in [-0.3, -0.25) is 0 Å². The summed E-state index contributed by atoms with van der Waals surface area (Å²) >= 11 is 1.82.